The van der Waals surface area contributed by atoms with E-state index in [1.807, 2.05) is 4.90 Å². The molecule has 0 aromatic carbocycles. The first-order valence-corrected chi connectivity index (χ1v) is 7.22. The molecule has 0 radical (unpaired) electrons. The fourth-order valence-electron chi connectivity index (χ4n) is 2.38. The Morgan fingerprint density at radius 1 is 1.17 bits per heavy atom. The highest BCUT2D eigenvalue weighted by atomic mass is 16.2. The van der Waals surface area contributed by atoms with Crippen LogP contribution < -0.4 is 5.73 Å². The number of rotatable bonds is 5. The molecule has 0 spiro atoms. The first-order chi connectivity index (χ1) is 8.45. The van der Waals surface area contributed by atoms with Crippen molar-refractivity contribution in [2.24, 2.45) is 17.6 Å². The topological polar surface area (TPSA) is 49.6 Å². The molecule has 1 rings (SSSR count). The number of carbonyl (C=O) groups is 1. The van der Waals surface area contributed by atoms with Gasteiger partial charge in [-0.1, -0.05) is 34.1 Å². The summed E-state index contributed by atoms with van der Waals surface area (Å²) in [5.74, 6) is 1.09. The number of amides is 1. The van der Waals surface area contributed by atoms with Gasteiger partial charge in [0.25, 0.3) is 0 Å². The van der Waals surface area contributed by atoms with Crippen LogP contribution in [0.1, 0.15) is 34.1 Å². The number of nitrogens with zero attached hydrogens (tertiary/aromatic N) is 2. The Labute approximate surface area is 111 Å². The molecular weight excluding hydrogens is 226 g/mol. The zero-order valence-corrected chi connectivity index (χ0v) is 12.4. The molecule has 4 nitrogen and oxygen atoms in total. The lowest BCUT2D eigenvalue weighted by Gasteiger charge is -2.37. The van der Waals surface area contributed by atoms with Gasteiger partial charge in [0.1, 0.15) is 0 Å². The highest BCUT2D eigenvalue weighted by Gasteiger charge is 2.27. The Kier molecular flexibility index (Phi) is 6.09. The molecule has 1 saturated heterocycles. The third kappa shape index (κ3) is 4.25. The molecule has 0 aromatic heterocycles. The van der Waals surface area contributed by atoms with Gasteiger partial charge in [-0.2, -0.15) is 0 Å². The molecule has 0 saturated carbocycles. The van der Waals surface area contributed by atoms with Gasteiger partial charge >= 0.3 is 0 Å². The lowest BCUT2D eigenvalue weighted by atomic mass is 9.98. The molecule has 1 amide bonds. The fraction of sp³-hybridized carbons (Fsp3) is 0.929. The summed E-state index contributed by atoms with van der Waals surface area (Å²) in [4.78, 5) is 16.6. The van der Waals surface area contributed by atoms with Crippen LogP contribution in [0.25, 0.3) is 0 Å². The van der Waals surface area contributed by atoms with Crippen molar-refractivity contribution in [1.29, 1.82) is 0 Å². The van der Waals surface area contributed by atoms with Crippen LogP contribution in [-0.4, -0.2) is 54.5 Å². The predicted octanol–water partition coefficient (Wildman–Crippen LogP) is 1.16. The van der Waals surface area contributed by atoms with E-state index in [1.54, 1.807) is 0 Å². The van der Waals surface area contributed by atoms with Gasteiger partial charge in [-0.15, -0.1) is 0 Å². The van der Waals surface area contributed by atoms with E-state index < -0.39 is 0 Å². The zero-order chi connectivity index (χ0) is 13.7. The average molecular weight is 255 g/mol. The normalized spacial score (nSPS) is 21.1. The van der Waals surface area contributed by atoms with Crippen LogP contribution in [0.3, 0.4) is 0 Å². The number of hydrogen-bond acceptors (Lipinski definition) is 3. The summed E-state index contributed by atoms with van der Waals surface area (Å²) in [5, 5.41) is 0. The standard InChI is InChI=1S/C14H29N3O/c1-5-12(4)13(15)14(18)17-8-6-16(7-9-17)10-11(2)3/h11-13H,5-10,15H2,1-4H3/t12?,13-/m0/s1. The lowest BCUT2D eigenvalue weighted by Crippen LogP contribution is -2.54. The van der Waals surface area contributed by atoms with Gasteiger partial charge in [0.2, 0.25) is 5.91 Å². The van der Waals surface area contributed by atoms with Crippen LogP contribution in [0.2, 0.25) is 0 Å². The summed E-state index contributed by atoms with van der Waals surface area (Å²) in [5.41, 5.74) is 6.01. The maximum Gasteiger partial charge on any atom is 0.239 e. The van der Waals surface area contributed by atoms with E-state index in [2.05, 4.69) is 32.6 Å². The molecule has 1 unspecified atom stereocenters. The molecule has 1 fully saturated rings. The molecule has 18 heavy (non-hydrogen) atoms. The van der Waals surface area contributed by atoms with E-state index >= 15 is 0 Å². The first kappa shape index (κ1) is 15.4. The molecule has 0 aromatic rings. The van der Waals surface area contributed by atoms with Crippen molar-refractivity contribution in [3.8, 4) is 0 Å². The number of carbonyl (C=O) groups excluding carboxylic acids is 1. The molecule has 2 atom stereocenters. The largest absolute Gasteiger partial charge is 0.339 e. The SMILES string of the molecule is CCC(C)[C@H](N)C(=O)N1CCN(CC(C)C)CC1. The third-order valence-corrected chi connectivity index (χ3v) is 3.85. The second kappa shape index (κ2) is 7.10. The Bertz CT molecular complexity index is 260. The quantitative estimate of drug-likeness (QED) is 0.802. The Balaban J connectivity index is 2.40. The molecule has 1 aliphatic rings. The maximum absolute atomic E-state index is 12.2. The monoisotopic (exact) mass is 255 g/mol. The fourth-order valence-corrected chi connectivity index (χ4v) is 2.38. The van der Waals surface area contributed by atoms with Crippen molar-refractivity contribution in [3.63, 3.8) is 0 Å². The smallest absolute Gasteiger partial charge is 0.239 e. The summed E-state index contributed by atoms with van der Waals surface area (Å²) in [6, 6.07) is -0.327. The van der Waals surface area contributed by atoms with E-state index in [9.17, 15) is 4.79 Å². The van der Waals surface area contributed by atoms with Crippen molar-refractivity contribution >= 4 is 5.91 Å². The average Bonchev–Trinajstić information content (AvgIpc) is 2.36. The first-order valence-electron chi connectivity index (χ1n) is 7.22. The predicted molar refractivity (Wildman–Crippen MR) is 75.3 cm³/mol. The van der Waals surface area contributed by atoms with Crippen molar-refractivity contribution < 1.29 is 4.79 Å². The summed E-state index contributed by atoms with van der Waals surface area (Å²) in [7, 11) is 0. The molecule has 1 heterocycles. The van der Waals surface area contributed by atoms with E-state index in [1.165, 1.54) is 0 Å². The van der Waals surface area contributed by atoms with Gasteiger partial charge < -0.3 is 10.6 Å². The Morgan fingerprint density at radius 2 is 1.72 bits per heavy atom. The Morgan fingerprint density at radius 3 is 2.17 bits per heavy atom. The number of piperazine rings is 1. The van der Waals surface area contributed by atoms with Crippen molar-refractivity contribution in [2.45, 2.75) is 40.2 Å². The zero-order valence-electron chi connectivity index (χ0n) is 12.4. The molecule has 2 N–H and O–H groups in total. The third-order valence-electron chi connectivity index (χ3n) is 3.85. The van der Waals surface area contributed by atoms with Crippen LogP contribution in [0, 0.1) is 11.8 Å². The minimum atomic E-state index is -0.327. The number of hydrogen-bond donors (Lipinski definition) is 1. The van der Waals surface area contributed by atoms with E-state index in [0.717, 1.165) is 39.1 Å². The summed E-state index contributed by atoms with van der Waals surface area (Å²) < 4.78 is 0. The van der Waals surface area contributed by atoms with E-state index in [0.29, 0.717) is 5.92 Å². The van der Waals surface area contributed by atoms with E-state index in [4.69, 9.17) is 5.73 Å². The second-order valence-corrected chi connectivity index (χ2v) is 5.93. The second-order valence-electron chi connectivity index (χ2n) is 5.93. The van der Waals surface area contributed by atoms with Crippen molar-refractivity contribution in [2.75, 3.05) is 32.7 Å². The minimum Gasteiger partial charge on any atom is -0.339 e. The van der Waals surface area contributed by atoms with Gasteiger partial charge in [0.15, 0.2) is 0 Å². The van der Waals surface area contributed by atoms with Crippen LogP contribution >= 0.6 is 0 Å². The van der Waals surface area contributed by atoms with Crippen molar-refractivity contribution in [1.82, 2.24) is 9.80 Å². The van der Waals surface area contributed by atoms with Gasteiger partial charge in [-0.3, -0.25) is 9.69 Å². The van der Waals surface area contributed by atoms with Crippen LogP contribution in [0.5, 0.6) is 0 Å². The molecular formula is C14H29N3O. The van der Waals surface area contributed by atoms with Crippen LogP contribution in [0.15, 0.2) is 0 Å². The lowest BCUT2D eigenvalue weighted by molar-refractivity contribution is -0.135. The van der Waals surface area contributed by atoms with Crippen LogP contribution in [0.4, 0.5) is 0 Å². The molecule has 0 bridgehead atoms. The number of nitrogens with two attached hydrogens (primary N) is 1. The highest BCUT2D eigenvalue weighted by Crippen LogP contribution is 2.11. The van der Waals surface area contributed by atoms with Crippen molar-refractivity contribution in [3.05, 3.63) is 0 Å². The molecule has 106 valence electrons. The van der Waals surface area contributed by atoms with Crippen LogP contribution in [-0.2, 0) is 4.79 Å². The molecule has 4 heteroatoms. The minimum absolute atomic E-state index is 0.133. The Hall–Kier alpha value is -0.610. The van der Waals surface area contributed by atoms with Gasteiger partial charge in [-0.25, -0.2) is 0 Å². The highest BCUT2D eigenvalue weighted by molar-refractivity contribution is 5.82. The summed E-state index contributed by atoms with van der Waals surface area (Å²) in [6.07, 6.45) is 0.959. The van der Waals surface area contributed by atoms with Gasteiger partial charge in [-0.05, 0) is 11.8 Å². The van der Waals surface area contributed by atoms with Gasteiger partial charge in [0, 0.05) is 32.7 Å². The molecule has 0 aliphatic carbocycles. The summed E-state index contributed by atoms with van der Waals surface area (Å²) >= 11 is 0. The molecule has 1 aliphatic heterocycles. The maximum atomic E-state index is 12.2. The van der Waals surface area contributed by atoms with E-state index in [-0.39, 0.29) is 17.9 Å². The van der Waals surface area contributed by atoms with Gasteiger partial charge in [0.05, 0.1) is 6.04 Å². The summed E-state index contributed by atoms with van der Waals surface area (Å²) in [6.45, 7) is 13.3.